The minimum atomic E-state index is -5.02. The summed E-state index contributed by atoms with van der Waals surface area (Å²) in [7, 11) is 0. The molecule has 0 aliphatic rings. The number of halogens is 3. The van der Waals surface area contributed by atoms with Crippen molar-refractivity contribution in [3.63, 3.8) is 0 Å². The third kappa shape index (κ3) is 3.05. The first-order valence-corrected chi connectivity index (χ1v) is 6.54. The number of hydrogen-bond donors (Lipinski definition) is 3. The quantitative estimate of drug-likeness (QED) is 0.779. The fourth-order valence-corrected chi connectivity index (χ4v) is 2.65. The van der Waals surface area contributed by atoms with Crippen LogP contribution in [0.3, 0.4) is 0 Å². The minimum Gasteiger partial charge on any atom is -0.374 e. The molecule has 3 N–H and O–H groups in total. The number of H-pyrrole nitrogens is 2. The normalized spacial score (nSPS) is 14.9. The van der Waals surface area contributed by atoms with Gasteiger partial charge in [-0.3, -0.25) is 9.78 Å². The van der Waals surface area contributed by atoms with E-state index in [0.717, 1.165) is 6.07 Å². The second-order valence-electron chi connectivity index (χ2n) is 4.44. The molecule has 0 spiro atoms. The number of aromatic amines is 2. The molecule has 2 aromatic rings. The maximum atomic E-state index is 13.2. The molecule has 0 aliphatic heterocycles. The summed E-state index contributed by atoms with van der Waals surface area (Å²) >= 11 is 0.652. The standard InChI is InChI=1S/C11H10F3N3O3S/c1-5-4-21-8(15-5)10(20,11(12,13)14)3-6-2-7(18)17-9(19)16-6/h2,4,20H,3H2,1H3,(H2,16,17,18,19)/t10-/m1/s1. The lowest BCUT2D eigenvalue weighted by molar-refractivity contribution is -0.266. The van der Waals surface area contributed by atoms with E-state index >= 15 is 0 Å². The number of alkyl halides is 3. The zero-order valence-electron chi connectivity index (χ0n) is 10.6. The first-order valence-electron chi connectivity index (χ1n) is 5.66. The number of aliphatic hydroxyl groups is 1. The van der Waals surface area contributed by atoms with E-state index in [-0.39, 0.29) is 5.69 Å². The molecule has 2 aromatic heterocycles. The number of rotatable bonds is 3. The molecule has 0 radical (unpaired) electrons. The maximum Gasteiger partial charge on any atom is 0.424 e. The average Bonchev–Trinajstić information content (AvgIpc) is 2.73. The number of nitrogens with zero attached hydrogens (tertiary/aromatic N) is 1. The second-order valence-corrected chi connectivity index (χ2v) is 5.30. The number of thiazole rings is 1. The topological polar surface area (TPSA) is 98.8 Å². The zero-order chi connectivity index (χ0) is 15.8. The molecule has 0 fully saturated rings. The van der Waals surface area contributed by atoms with Gasteiger partial charge < -0.3 is 10.1 Å². The summed E-state index contributed by atoms with van der Waals surface area (Å²) in [6, 6.07) is 0.790. The largest absolute Gasteiger partial charge is 0.424 e. The fourth-order valence-electron chi connectivity index (χ4n) is 1.73. The molecule has 114 valence electrons. The lowest BCUT2D eigenvalue weighted by Gasteiger charge is -2.28. The van der Waals surface area contributed by atoms with Gasteiger partial charge in [0.2, 0.25) is 5.60 Å². The summed E-state index contributed by atoms with van der Waals surface area (Å²) in [5.74, 6) is 0. The Hall–Kier alpha value is -1.94. The van der Waals surface area contributed by atoms with E-state index in [1.165, 1.54) is 12.3 Å². The summed E-state index contributed by atoms with van der Waals surface area (Å²) in [5, 5.41) is 10.9. The van der Waals surface area contributed by atoms with Crippen molar-refractivity contribution in [1.82, 2.24) is 15.0 Å². The molecule has 0 saturated carbocycles. The monoisotopic (exact) mass is 321 g/mol. The predicted molar refractivity (Wildman–Crippen MR) is 68.2 cm³/mol. The molecular weight excluding hydrogens is 311 g/mol. The molecule has 0 aromatic carbocycles. The maximum absolute atomic E-state index is 13.2. The van der Waals surface area contributed by atoms with Gasteiger partial charge in [0.15, 0.2) is 0 Å². The Morgan fingerprint density at radius 1 is 1.33 bits per heavy atom. The van der Waals surface area contributed by atoms with Crippen molar-refractivity contribution in [2.45, 2.75) is 25.1 Å². The second kappa shape index (κ2) is 5.11. The molecule has 0 aliphatic carbocycles. The van der Waals surface area contributed by atoms with Gasteiger partial charge in [-0.05, 0) is 6.92 Å². The lowest BCUT2D eigenvalue weighted by atomic mass is 9.97. The van der Waals surface area contributed by atoms with Crippen LogP contribution in [0.1, 0.15) is 16.4 Å². The zero-order valence-corrected chi connectivity index (χ0v) is 11.4. The van der Waals surface area contributed by atoms with Gasteiger partial charge in [0.1, 0.15) is 5.01 Å². The molecule has 2 rings (SSSR count). The highest BCUT2D eigenvalue weighted by Crippen LogP contribution is 2.42. The molecule has 0 unspecified atom stereocenters. The first-order chi connectivity index (χ1) is 9.62. The summed E-state index contributed by atoms with van der Waals surface area (Å²) in [5.41, 5.74) is -5.08. The summed E-state index contributed by atoms with van der Waals surface area (Å²) in [4.78, 5) is 29.8. The Kier molecular flexibility index (Phi) is 3.76. The van der Waals surface area contributed by atoms with E-state index in [2.05, 4.69) is 9.97 Å². The number of hydrogen-bond acceptors (Lipinski definition) is 5. The fraction of sp³-hybridized carbons (Fsp3) is 0.364. The summed E-state index contributed by atoms with van der Waals surface area (Å²) in [6.45, 7) is 1.49. The van der Waals surface area contributed by atoms with E-state index in [0.29, 0.717) is 17.0 Å². The van der Waals surface area contributed by atoms with Crippen LogP contribution in [-0.2, 0) is 12.0 Å². The molecule has 10 heteroatoms. The number of nitrogens with one attached hydrogen (secondary N) is 2. The van der Waals surface area contributed by atoms with Gasteiger partial charge in [-0.1, -0.05) is 0 Å². The highest BCUT2D eigenvalue weighted by molar-refractivity contribution is 7.09. The van der Waals surface area contributed by atoms with Crippen molar-refractivity contribution in [3.05, 3.63) is 48.7 Å². The van der Waals surface area contributed by atoms with Gasteiger partial charge in [-0.25, -0.2) is 9.78 Å². The van der Waals surface area contributed by atoms with Gasteiger partial charge in [0.05, 0.1) is 0 Å². The van der Waals surface area contributed by atoms with Crippen LogP contribution in [0.25, 0.3) is 0 Å². The molecule has 21 heavy (non-hydrogen) atoms. The van der Waals surface area contributed by atoms with Gasteiger partial charge >= 0.3 is 11.9 Å². The van der Waals surface area contributed by atoms with Crippen molar-refractivity contribution in [3.8, 4) is 0 Å². The molecule has 6 nitrogen and oxygen atoms in total. The molecular formula is C11H10F3N3O3S. The van der Waals surface area contributed by atoms with Crippen LogP contribution in [0.4, 0.5) is 13.2 Å². The minimum absolute atomic E-state index is 0.331. The highest BCUT2D eigenvalue weighted by Gasteiger charge is 2.57. The Morgan fingerprint density at radius 2 is 2.00 bits per heavy atom. The molecule has 2 heterocycles. The molecule has 0 amide bonds. The van der Waals surface area contributed by atoms with Crippen molar-refractivity contribution in [1.29, 1.82) is 0 Å². The van der Waals surface area contributed by atoms with Crippen LogP contribution in [0.15, 0.2) is 21.0 Å². The summed E-state index contributed by atoms with van der Waals surface area (Å²) in [6.07, 6.45) is -6.03. The first kappa shape index (κ1) is 15.4. The van der Waals surface area contributed by atoms with E-state index in [9.17, 15) is 27.9 Å². The van der Waals surface area contributed by atoms with Crippen LogP contribution < -0.4 is 11.2 Å². The lowest BCUT2D eigenvalue weighted by Crippen LogP contribution is -2.45. The van der Waals surface area contributed by atoms with Crippen LogP contribution in [-0.4, -0.2) is 26.2 Å². The average molecular weight is 321 g/mol. The van der Waals surface area contributed by atoms with Crippen molar-refractivity contribution >= 4 is 11.3 Å². The van der Waals surface area contributed by atoms with E-state index in [1.54, 1.807) is 0 Å². The van der Waals surface area contributed by atoms with E-state index < -0.39 is 34.5 Å². The Balaban J connectivity index is 2.51. The van der Waals surface area contributed by atoms with Crippen LogP contribution in [0, 0.1) is 6.92 Å². The molecule has 0 bridgehead atoms. The number of aryl methyl sites for hydroxylation is 1. The summed E-state index contributed by atoms with van der Waals surface area (Å²) < 4.78 is 39.7. The van der Waals surface area contributed by atoms with Gasteiger partial charge in [0.25, 0.3) is 5.56 Å². The van der Waals surface area contributed by atoms with Crippen molar-refractivity contribution < 1.29 is 18.3 Å². The predicted octanol–water partition coefficient (Wildman–Crippen LogP) is 0.821. The van der Waals surface area contributed by atoms with Crippen LogP contribution in [0.2, 0.25) is 0 Å². The van der Waals surface area contributed by atoms with Gasteiger partial charge in [-0.15, -0.1) is 11.3 Å². The van der Waals surface area contributed by atoms with Gasteiger partial charge in [0, 0.05) is 29.3 Å². The van der Waals surface area contributed by atoms with Crippen LogP contribution >= 0.6 is 11.3 Å². The Morgan fingerprint density at radius 3 is 2.48 bits per heavy atom. The van der Waals surface area contributed by atoms with E-state index in [4.69, 9.17) is 0 Å². The van der Waals surface area contributed by atoms with Gasteiger partial charge in [-0.2, -0.15) is 13.2 Å². The smallest absolute Gasteiger partial charge is 0.374 e. The SMILES string of the molecule is Cc1csc([C@](O)(Cc2cc(=O)[nH]c(=O)[nH]2)C(F)(F)F)n1. The van der Waals surface area contributed by atoms with Crippen molar-refractivity contribution in [2.75, 3.05) is 0 Å². The Bertz CT molecular complexity index is 736. The Labute approximate surface area is 119 Å². The van der Waals surface area contributed by atoms with Crippen LogP contribution in [0.5, 0.6) is 0 Å². The highest BCUT2D eigenvalue weighted by atomic mass is 32.1. The third-order valence-electron chi connectivity index (χ3n) is 2.70. The van der Waals surface area contributed by atoms with E-state index in [1.807, 2.05) is 4.98 Å². The molecule has 0 saturated heterocycles. The number of aromatic nitrogens is 3. The molecule has 1 atom stereocenters. The van der Waals surface area contributed by atoms with Crippen molar-refractivity contribution in [2.24, 2.45) is 0 Å². The third-order valence-corrected chi connectivity index (χ3v) is 3.82.